The molecule has 1 N–H and O–H groups in total. The topological polar surface area (TPSA) is 85.4 Å². The lowest BCUT2D eigenvalue weighted by Crippen LogP contribution is -2.36. The van der Waals surface area contributed by atoms with E-state index in [1.165, 1.54) is 0 Å². The van der Waals surface area contributed by atoms with E-state index in [1.54, 1.807) is 0 Å². The molecule has 11 heteroatoms. The van der Waals surface area contributed by atoms with Gasteiger partial charge in [0.1, 0.15) is 0 Å². The number of nitrogens with one attached hydrogen (secondary N) is 1. The van der Waals surface area contributed by atoms with Gasteiger partial charge in [0.05, 0.1) is 19.0 Å². The van der Waals surface area contributed by atoms with E-state index in [0.29, 0.717) is 11.3 Å². The molecule has 0 amide bonds. The van der Waals surface area contributed by atoms with Gasteiger partial charge in [-0.2, -0.15) is 13.2 Å². The predicted octanol–water partition coefficient (Wildman–Crippen LogP) is 1.55. The molecule has 1 rings (SSSR count). The second-order valence-corrected chi connectivity index (χ2v) is 6.59. The van der Waals surface area contributed by atoms with Crippen molar-refractivity contribution in [2.24, 2.45) is 0 Å². The van der Waals surface area contributed by atoms with Crippen molar-refractivity contribution in [3.63, 3.8) is 0 Å². The molecule has 0 aliphatic rings. The third kappa shape index (κ3) is 4.42. The molecule has 0 radical (unpaired) electrons. The second-order valence-electron chi connectivity index (χ2n) is 3.82. The van der Waals surface area contributed by atoms with Gasteiger partial charge in [-0.1, -0.05) is 0 Å². The summed E-state index contributed by atoms with van der Waals surface area (Å²) in [7, 11) is -3.23. The van der Waals surface area contributed by atoms with Crippen LogP contribution in [-0.4, -0.2) is 38.7 Å². The molecule has 1 aromatic heterocycles. The maximum Gasteiger partial charge on any atom is 0.390 e. The fourth-order valence-electron chi connectivity index (χ4n) is 1.37. The lowest BCUT2D eigenvalue weighted by molar-refractivity contribution is -0.137. The van der Waals surface area contributed by atoms with Crippen LogP contribution in [0, 0.1) is 0 Å². The van der Waals surface area contributed by atoms with Crippen molar-refractivity contribution in [2.45, 2.75) is 29.8 Å². The predicted molar refractivity (Wildman–Crippen MR) is 63.9 cm³/mol. The van der Waals surface area contributed by atoms with Crippen molar-refractivity contribution in [1.29, 1.82) is 0 Å². The summed E-state index contributed by atoms with van der Waals surface area (Å²) in [5, 5.41) is 0. The number of nitrogens with zero attached hydrogens (tertiary/aromatic N) is 1. The molecular formula is C9H11F3N2O4S2. The molecule has 0 saturated heterocycles. The van der Waals surface area contributed by atoms with Crippen molar-refractivity contribution in [3.8, 4) is 0 Å². The minimum Gasteiger partial charge on any atom is -0.464 e. The highest BCUT2D eigenvalue weighted by atomic mass is 32.2. The van der Waals surface area contributed by atoms with Gasteiger partial charge in [-0.15, -0.1) is 11.3 Å². The average molecular weight is 332 g/mol. The van der Waals surface area contributed by atoms with Crippen molar-refractivity contribution in [1.82, 2.24) is 9.71 Å². The fourth-order valence-corrected chi connectivity index (χ4v) is 3.76. The number of ether oxygens (including phenoxy) is 1. The maximum absolute atomic E-state index is 12.2. The largest absolute Gasteiger partial charge is 0.464 e. The number of methoxy groups -OCH3 is 1. The molecule has 1 aromatic rings. The minimum absolute atomic E-state index is 0.454. The Hall–Kier alpha value is -1.20. The van der Waals surface area contributed by atoms with Crippen LogP contribution in [0.3, 0.4) is 0 Å². The number of esters is 1. The zero-order valence-electron chi connectivity index (χ0n) is 10.4. The summed E-state index contributed by atoms with van der Waals surface area (Å²) in [5.74, 6) is -0.977. The van der Waals surface area contributed by atoms with Crippen LogP contribution in [0.1, 0.15) is 23.8 Å². The number of carbonyl (C=O) groups excluding carboxylic acids is 1. The Morgan fingerprint density at radius 2 is 2.15 bits per heavy atom. The highest BCUT2D eigenvalue weighted by Crippen LogP contribution is 2.24. The van der Waals surface area contributed by atoms with E-state index < -0.39 is 44.5 Å². The molecule has 114 valence electrons. The summed E-state index contributed by atoms with van der Waals surface area (Å²) in [6.07, 6.45) is -5.82. The van der Waals surface area contributed by atoms with Crippen LogP contribution < -0.4 is 4.72 Å². The summed E-state index contributed by atoms with van der Waals surface area (Å²) in [6.45, 7) is 1.07. The first-order valence-corrected chi connectivity index (χ1v) is 7.54. The van der Waals surface area contributed by atoms with E-state index in [1.807, 2.05) is 4.72 Å². The highest BCUT2D eigenvalue weighted by molar-refractivity contribution is 7.91. The zero-order valence-corrected chi connectivity index (χ0v) is 12.0. The first kappa shape index (κ1) is 16.9. The first-order valence-electron chi connectivity index (χ1n) is 5.17. The Kier molecular flexibility index (Phi) is 5.10. The van der Waals surface area contributed by atoms with Crippen LogP contribution in [0.2, 0.25) is 0 Å². The van der Waals surface area contributed by atoms with E-state index >= 15 is 0 Å². The molecule has 1 heterocycles. The van der Waals surface area contributed by atoms with E-state index in [4.69, 9.17) is 0 Å². The average Bonchev–Trinajstić information content (AvgIpc) is 2.73. The third-order valence-electron chi connectivity index (χ3n) is 2.05. The van der Waals surface area contributed by atoms with Crippen LogP contribution in [0.4, 0.5) is 13.2 Å². The highest BCUT2D eigenvalue weighted by Gasteiger charge is 2.34. The van der Waals surface area contributed by atoms with Crippen LogP contribution >= 0.6 is 11.3 Å². The number of rotatable bonds is 5. The van der Waals surface area contributed by atoms with Crippen LogP contribution in [0.25, 0.3) is 0 Å². The molecule has 0 saturated carbocycles. The molecule has 0 bridgehead atoms. The summed E-state index contributed by atoms with van der Waals surface area (Å²) in [6, 6.07) is -1.37. The SMILES string of the molecule is COC(=O)c1ncsc1S(=O)(=O)NC(C)CC(F)(F)F. The Morgan fingerprint density at radius 3 is 2.65 bits per heavy atom. The Morgan fingerprint density at radius 1 is 1.55 bits per heavy atom. The smallest absolute Gasteiger partial charge is 0.390 e. The molecule has 6 nitrogen and oxygen atoms in total. The molecule has 0 aromatic carbocycles. The normalized spacial score (nSPS) is 14.1. The monoisotopic (exact) mass is 332 g/mol. The number of hydrogen-bond donors (Lipinski definition) is 1. The standard InChI is InChI=1S/C9H11F3N2O4S2/c1-5(3-9(10,11)12)14-20(16,17)8-6(7(15)18-2)13-4-19-8/h4-5,14H,3H2,1-2H3. The van der Waals surface area contributed by atoms with Gasteiger partial charge >= 0.3 is 12.1 Å². The number of thiazole rings is 1. The zero-order chi connectivity index (χ0) is 15.6. The minimum atomic E-state index is -4.50. The van der Waals surface area contributed by atoms with Gasteiger partial charge in [0.2, 0.25) is 0 Å². The van der Waals surface area contributed by atoms with Gasteiger partial charge < -0.3 is 4.74 Å². The van der Waals surface area contributed by atoms with Gasteiger partial charge in [-0.25, -0.2) is 22.9 Å². The van der Waals surface area contributed by atoms with Gasteiger partial charge in [-0.3, -0.25) is 0 Å². The first-order chi connectivity index (χ1) is 9.07. The number of alkyl halides is 3. The van der Waals surface area contributed by atoms with Crippen molar-refractivity contribution < 1.29 is 31.1 Å². The number of halogens is 3. The summed E-state index contributed by atoms with van der Waals surface area (Å²) < 4.78 is 66.1. The second kappa shape index (κ2) is 6.06. The van der Waals surface area contributed by atoms with Crippen molar-refractivity contribution in [3.05, 3.63) is 11.2 Å². The van der Waals surface area contributed by atoms with Crippen LogP contribution in [0.5, 0.6) is 0 Å². The lowest BCUT2D eigenvalue weighted by atomic mass is 10.2. The molecule has 1 unspecified atom stereocenters. The van der Waals surface area contributed by atoms with E-state index in [2.05, 4.69) is 9.72 Å². The van der Waals surface area contributed by atoms with E-state index in [0.717, 1.165) is 19.5 Å². The summed E-state index contributed by atoms with van der Waals surface area (Å²) >= 11 is 0.616. The number of sulfonamides is 1. The van der Waals surface area contributed by atoms with Gasteiger partial charge in [0.15, 0.2) is 9.90 Å². The Balaban J connectivity index is 2.95. The molecule has 0 fully saturated rings. The fraction of sp³-hybridized carbons (Fsp3) is 0.556. The summed E-state index contributed by atoms with van der Waals surface area (Å²) in [4.78, 5) is 14.8. The number of hydrogen-bond acceptors (Lipinski definition) is 6. The van der Waals surface area contributed by atoms with E-state index in [9.17, 15) is 26.4 Å². The lowest BCUT2D eigenvalue weighted by Gasteiger charge is -2.15. The van der Waals surface area contributed by atoms with Gasteiger partial charge in [-0.05, 0) is 6.92 Å². The summed E-state index contributed by atoms with van der Waals surface area (Å²) in [5.41, 5.74) is 0.638. The molecular weight excluding hydrogens is 321 g/mol. The van der Waals surface area contributed by atoms with E-state index in [-0.39, 0.29) is 0 Å². The molecule has 0 spiro atoms. The molecule has 0 aliphatic carbocycles. The Labute approximate surface area is 117 Å². The van der Waals surface area contributed by atoms with Crippen molar-refractivity contribution >= 4 is 27.3 Å². The quantitative estimate of drug-likeness (QED) is 0.827. The third-order valence-corrected chi connectivity index (χ3v) is 5.01. The Bertz CT molecular complexity index is 582. The maximum atomic E-state index is 12.2. The van der Waals surface area contributed by atoms with Gasteiger partial charge in [0, 0.05) is 6.04 Å². The van der Waals surface area contributed by atoms with Crippen molar-refractivity contribution in [2.75, 3.05) is 7.11 Å². The van der Waals surface area contributed by atoms with Gasteiger partial charge in [0.25, 0.3) is 10.0 Å². The van der Waals surface area contributed by atoms with Crippen LogP contribution in [-0.2, 0) is 14.8 Å². The number of aromatic nitrogens is 1. The molecule has 0 aliphatic heterocycles. The number of carbonyl (C=O) groups is 1. The molecule has 20 heavy (non-hydrogen) atoms. The molecule has 1 atom stereocenters. The van der Waals surface area contributed by atoms with Crippen LogP contribution in [0.15, 0.2) is 9.72 Å².